The summed E-state index contributed by atoms with van der Waals surface area (Å²) in [5.41, 5.74) is 2.95. The van der Waals surface area contributed by atoms with Gasteiger partial charge in [-0.05, 0) is 43.4 Å². The van der Waals surface area contributed by atoms with Crippen LogP contribution in [0.5, 0.6) is 0 Å². The number of hydrogen-bond acceptors (Lipinski definition) is 2. The summed E-state index contributed by atoms with van der Waals surface area (Å²) in [6.07, 6.45) is 1.24. The van der Waals surface area contributed by atoms with E-state index in [1.807, 2.05) is 18.2 Å². The molecule has 0 spiro atoms. The summed E-state index contributed by atoms with van der Waals surface area (Å²) in [5, 5.41) is 2.20. The van der Waals surface area contributed by atoms with E-state index in [-0.39, 0.29) is 11.7 Å². The minimum absolute atomic E-state index is 0.0553. The van der Waals surface area contributed by atoms with Crippen LogP contribution in [0.4, 0.5) is 5.69 Å². The van der Waals surface area contributed by atoms with Gasteiger partial charge in [-0.1, -0.05) is 18.2 Å². The molecule has 0 saturated carbocycles. The van der Waals surface area contributed by atoms with E-state index < -0.39 is 0 Å². The summed E-state index contributed by atoms with van der Waals surface area (Å²) in [7, 11) is 0. The number of aryl methyl sites for hydroxylation is 1. The monoisotopic (exact) mass is 267 g/mol. The summed E-state index contributed by atoms with van der Waals surface area (Å²) in [6.45, 7) is 4.25. The second-order valence-corrected chi connectivity index (χ2v) is 5.39. The summed E-state index contributed by atoms with van der Waals surface area (Å²) < 4.78 is 0. The Morgan fingerprint density at radius 1 is 1.20 bits per heavy atom. The molecule has 0 atom stereocenters. The second kappa shape index (κ2) is 4.75. The lowest BCUT2D eigenvalue weighted by Gasteiger charge is -2.17. The molecule has 0 fully saturated rings. The molecular formula is C17H17NO2. The van der Waals surface area contributed by atoms with Crippen LogP contribution in [-0.4, -0.2) is 18.2 Å². The number of anilines is 1. The zero-order valence-electron chi connectivity index (χ0n) is 11.8. The topological polar surface area (TPSA) is 37.4 Å². The van der Waals surface area contributed by atoms with Gasteiger partial charge in [0.05, 0.1) is 5.69 Å². The number of amides is 1. The van der Waals surface area contributed by atoms with E-state index >= 15 is 0 Å². The van der Waals surface area contributed by atoms with Gasteiger partial charge in [0.1, 0.15) is 5.78 Å². The molecule has 0 bridgehead atoms. The smallest absolute Gasteiger partial charge is 0.258 e. The first kappa shape index (κ1) is 12.9. The minimum atomic E-state index is 0.0553. The molecule has 3 rings (SSSR count). The van der Waals surface area contributed by atoms with Crippen LogP contribution in [0.1, 0.15) is 35.7 Å². The first-order chi connectivity index (χ1) is 9.59. The zero-order valence-corrected chi connectivity index (χ0v) is 11.8. The van der Waals surface area contributed by atoms with Crippen molar-refractivity contribution in [1.82, 2.24) is 0 Å². The predicted octanol–water partition coefficient (Wildman–Crippen LogP) is 3.48. The molecule has 0 N–H and O–H groups in total. The molecule has 1 heterocycles. The molecule has 2 aromatic carbocycles. The van der Waals surface area contributed by atoms with E-state index in [1.165, 1.54) is 5.56 Å². The predicted molar refractivity (Wildman–Crippen MR) is 80.3 cm³/mol. The third-order valence-electron chi connectivity index (χ3n) is 3.91. The number of hydrogen-bond donors (Lipinski definition) is 0. The molecular weight excluding hydrogens is 250 g/mol. The lowest BCUT2D eigenvalue weighted by Crippen LogP contribution is -2.28. The quantitative estimate of drug-likeness (QED) is 0.850. The van der Waals surface area contributed by atoms with Crippen molar-refractivity contribution in [1.29, 1.82) is 0 Å². The van der Waals surface area contributed by atoms with Gasteiger partial charge in [-0.3, -0.25) is 4.79 Å². The van der Waals surface area contributed by atoms with Crippen LogP contribution in [0.15, 0.2) is 30.3 Å². The molecule has 1 aliphatic rings. The average Bonchev–Trinajstić information content (AvgIpc) is 2.69. The summed E-state index contributed by atoms with van der Waals surface area (Å²) in [6, 6.07) is 9.95. The Morgan fingerprint density at radius 2 is 2.00 bits per heavy atom. The Hall–Kier alpha value is -2.16. The van der Waals surface area contributed by atoms with Gasteiger partial charge in [-0.2, -0.15) is 0 Å². The molecule has 0 saturated heterocycles. The van der Waals surface area contributed by atoms with Crippen molar-refractivity contribution in [3.05, 3.63) is 41.5 Å². The van der Waals surface area contributed by atoms with Gasteiger partial charge in [-0.25, -0.2) is 0 Å². The van der Waals surface area contributed by atoms with Gasteiger partial charge >= 0.3 is 0 Å². The van der Waals surface area contributed by atoms with Gasteiger partial charge in [-0.15, -0.1) is 0 Å². The number of carbonyl (C=O) groups excluding carboxylic acids is 2. The number of Topliss-reactive ketones (excluding diaryl/α,β-unsaturated/α-hetero) is 1. The van der Waals surface area contributed by atoms with E-state index in [0.717, 1.165) is 22.0 Å². The maximum Gasteiger partial charge on any atom is 0.258 e. The van der Waals surface area contributed by atoms with Crippen LogP contribution in [0, 0.1) is 6.92 Å². The summed E-state index contributed by atoms with van der Waals surface area (Å²) in [5.74, 6) is 0.225. The molecule has 3 nitrogen and oxygen atoms in total. The van der Waals surface area contributed by atoms with E-state index in [4.69, 9.17) is 0 Å². The average molecular weight is 267 g/mol. The lowest BCUT2D eigenvalue weighted by molar-refractivity contribution is -0.117. The highest BCUT2D eigenvalue weighted by atomic mass is 16.2. The minimum Gasteiger partial charge on any atom is -0.308 e. The SMILES string of the molecule is CC(=O)CCCN1C(=O)c2cccc3c(C)ccc1c23. The van der Waals surface area contributed by atoms with Crippen molar-refractivity contribution in [2.45, 2.75) is 26.7 Å². The molecule has 102 valence electrons. The molecule has 0 unspecified atom stereocenters. The number of ketones is 1. The highest BCUT2D eigenvalue weighted by Gasteiger charge is 2.29. The molecule has 3 heteroatoms. The maximum atomic E-state index is 12.5. The number of nitrogens with zero attached hydrogens (tertiary/aromatic N) is 1. The summed E-state index contributed by atoms with van der Waals surface area (Å²) >= 11 is 0. The Morgan fingerprint density at radius 3 is 2.75 bits per heavy atom. The lowest BCUT2D eigenvalue weighted by atomic mass is 10.0. The standard InChI is InChI=1S/C17H17NO2/c1-11-8-9-15-16-13(11)6-3-7-14(16)17(20)18(15)10-4-5-12(2)19/h3,6-9H,4-5,10H2,1-2H3. The Bertz CT molecular complexity index is 718. The largest absolute Gasteiger partial charge is 0.308 e. The van der Waals surface area contributed by atoms with Crippen molar-refractivity contribution in [3.8, 4) is 0 Å². The molecule has 2 aromatic rings. The summed E-state index contributed by atoms with van der Waals surface area (Å²) in [4.78, 5) is 25.4. The fourth-order valence-corrected chi connectivity index (χ4v) is 2.90. The highest BCUT2D eigenvalue weighted by molar-refractivity contribution is 6.25. The van der Waals surface area contributed by atoms with Crippen LogP contribution >= 0.6 is 0 Å². The molecule has 1 amide bonds. The van der Waals surface area contributed by atoms with E-state index in [9.17, 15) is 9.59 Å². The van der Waals surface area contributed by atoms with Gasteiger partial charge in [0.2, 0.25) is 0 Å². The van der Waals surface area contributed by atoms with Crippen molar-refractivity contribution in [3.63, 3.8) is 0 Å². The maximum absolute atomic E-state index is 12.5. The highest BCUT2D eigenvalue weighted by Crippen LogP contribution is 2.38. The Kier molecular flexibility index (Phi) is 3.05. The van der Waals surface area contributed by atoms with Crippen molar-refractivity contribution in [2.75, 3.05) is 11.4 Å². The molecule has 20 heavy (non-hydrogen) atoms. The van der Waals surface area contributed by atoms with Crippen molar-refractivity contribution >= 4 is 28.2 Å². The van der Waals surface area contributed by atoms with Gasteiger partial charge in [0.25, 0.3) is 5.91 Å². The van der Waals surface area contributed by atoms with Gasteiger partial charge in [0, 0.05) is 23.9 Å². The second-order valence-electron chi connectivity index (χ2n) is 5.39. The van der Waals surface area contributed by atoms with Gasteiger partial charge in [0.15, 0.2) is 0 Å². The Labute approximate surface area is 118 Å². The molecule has 0 radical (unpaired) electrons. The fraction of sp³-hybridized carbons (Fsp3) is 0.294. The third-order valence-corrected chi connectivity index (χ3v) is 3.91. The number of rotatable bonds is 4. The first-order valence-electron chi connectivity index (χ1n) is 6.93. The van der Waals surface area contributed by atoms with E-state index in [1.54, 1.807) is 11.8 Å². The van der Waals surface area contributed by atoms with Crippen LogP contribution < -0.4 is 4.90 Å². The zero-order chi connectivity index (χ0) is 14.3. The molecule has 0 aromatic heterocycles. The third kappa shape index (κ3) is 1.90. The van der Waals surface area contributed by atoms with Crippen LogP contribution in [-0.2, 0) is 4.79 Å². The van der Waals surface area contributed by atoms with Crippen LogP contribution in [0.3, 0.4) is 0 Å². The van der Waals surface area contributed by atoms with Crippen LogP contribution in [0.2, 0.25) is 0 Å². The number of benzene rings is 2. The van der Waals surface area contributed by atoms with Crippen molar-refractivity contribution in [2.24, 2.45) is 0 Å². The molecule has 1 aliphatic heterocycles. The van der Waals surface area contributed by atoms with Gasteiger partial charge < -0.3 is 9.69 Å². The van der Waals surface area contributed by atoms with Crippen LogP contribution in [0.25, 0.3) is 10.8 Å². The van der Waals surface area contributed by atoms with Crippen molar-refractivity contribution < 1.29 is 9.59 Å². The fourth-order valence-electron chi connectivity index (χ4n) is 2.90. The molecule has 0 aliphatic carbocycles. The van der Waals surface area contributed by atoms with E-state index in [2.05, 4.69) is 19.1 Å². The van der Waals surface area contributed by atoms with E-state index in [0.29, 0.717) is 19.4 Å². The number of carbonyl (C=O) groups is 2. The Balaban J connectivity index is 2.01. The first-order valence-corrected chi connectivity index (χ1v) is 6.93. The normalized spacial score (nSPS) is 13.3.